The lowest BCUT2D eigenvalue weighted by atomic mass is 9.66. The molecule has 128 valence electrons. The number of amides is 1. The van der Waals surface area contributed by atoms with Crippen LogP contribution in [-0.2, 0) is 4.79 Å². The van der Waals surface area contributed by atoms with E-state index in [1.165, 1.54) is 38.5 Å². The van der Waals surface area contributed by atoms with E-state index in [0.29, 0.717) is 12.5 Å². The van der Waals surface area contributed by atoms with Crippen LogP contribution in [0.15, 0.2) is 30.6 Å². The van der Waals surface area contributed by atoms with Crippen molar-refractivity contribution in [2.75, 3.05) is 6.54 Å². The zero-order valence-corrected chi connectivity index (χ0v) is 14.1. The number of primary amides is 1. The molecule has 0 bridgehead atoms. The van der Waals surface area contributed by atoms with E-state index in [-0.39, 0.29) is 11.8 Å². The van der Waals surface area contributed by atoms with E-state index in [9.17, 15) is 4.79 Å². The van der Waals surface area contributed by atoms with Crippen LogP contribution in [0.1, 0.15) is 51.4 Å². The predicted molar refractivity (Wildman–Crippen MR) is 93.4 cm³/mol. The Morgan fingerprint density at radius 3 is 2.13 bits per heavy atom. The van der Waals surface area contributed by atoms with E-state index in [0.717, 1.165) is 24.7 Å². The number of pyridine rings is 1. The molecule has 0 aliphatic heterocycles. The number of nitrogens with zero attached hydrogens (tertiary/aromatic N) is 1. The number of hydrogen-bond donors (Lipinski definition) is 2. The third kappa shape index (κ3) is 5.61. The molecule has 4 N–H and O–H groups in total. The van der Waals surface area contributed by atoms with Gasteiger partial charge < -0.3 is 11.5 Å². The Kier molecular flexibility index (Phi) is 7.53. The smallest absolute Gasteiger partial charge is 0.220 e. The lowest BCUT2D eigenvalue weighted by Gasteiger charge is -2.39. The van der Waals surface area contributed by atoms with Crippen molar-refractivity contribution in [2.45, 2.75) is 51.4 Å². The SMILES string of the molecule is NCC1CCC(C2CCCCC2)CC1C(N)=O.c1ccncc1. The molecule has 2 saturated carbocycles. The molecule has 2 fully saturated rings. The predicted octanol–water partition coefficient (Wildman–Crippen LogP) is 3.12. The Bertz CT molecular complexity index is 418. The van der Waals surface area contributed by atoms with Gasteiger partial charge in [-0.3, -0.25) is 9.78 Å². The van der Waals surface area contributed by atoms with Gasteiger partial charge in [-0.1, -0.05) is 38.2 Å². The summed E-state index contributed by atoms with van der Waals surface area (Å²) in [6, 6.07) is 5.72. The summed E-state index contributed by atoms with van der Waals surface area (Å²) >= 11 is 0. The third-order valence-corrected chi connectivity index (χ3v) is 5.59. The summed E-state index contributed by atoms with van der Waals surface area (Å²) in [4.78, 5) is 15.3. The fraction of sp³-hybridized carbons (Fsp3) is 0.684. The molecule has 23 heavy (non-hydrogen) atoms. The van der Waals surface area contributed by atoms with Crippen LogP contribution in [0.5, 0.6) is 0 Å². The van der Waals surface area contributed by atoms with Gasteiger partial charge in [0.05, 0.1) is 0 Å². The number of carbonyl (C=O) groups excluding carboxylic acids is 1. The van der Waals surface area contributed by atoms with Crippen molar-refractivity contribution in [1.29, 1.82) is 0 Å². The first kappa shape index (κ1) is 17.9. The summed E-state index contributed by atoms with van der Waals surface area (Å²) in [7, 11) is 0. The lowest BCUT2D eigenvalue weighted by Crippen LogP contribution is -2.40. The number of carbonyl (C=O) groups is 1. The molecule has 2 aliphatic carbocycles. The summed E-state index contributed by atoms with van der Waals surface area (Å²) in [5.41, 5.74) is 11.3. The molecule has 1 aromatic heterocycles. The molecule has 0 aromatic carbocycles. The highest BCUT2D eigenvalue weighted by Crippen LogP contribution is 2.42. The minimum absolute atomic E-state index is 0.0423. The van der Waals surface area contributed by atoms with Gasteiger partial charge >= 0.3 is 0 Å². The van der Waals surface area contributed by atoms with Gasteiger partial charge in [-0.2, -0.15) is 0 Å². The maximum atomic E-state index is 11.5. The standard InChI is InChI=1S/C14H26N2O.C5H5N/c15-9-12-7-6-11(8-13(12)14(16)17)10-4-2-1-3-5-10;1-2-4-6-5-3-1/h10-13H,1-9,15H2,(H2,16,17);1-5H. The molecule has 0 saturated heterocycles. The van der Waals surface area contributed by atoms with Gasteiger partial charge in [-0.15, -0.1) is 0 Å². The van der Waals surface area contributed by atoms with Crippen LogP contribution in [0.25, 0.3) is 0 Å². The summed E-state index contributed by atoms with van der Waals surface area (Å²) in [5.74, 6) is 1.84. The molecule has 1 heterocycles. The van der Waals surface area contributed by atoms with Crippen molar-refractivity contribution in [2.24, 2.45) is 35.1 Å². The lowest BCUT2D eigenvalue weighted by molar-refractivity contribution is -0.125. The highest BCUT2D eigenvalue weighted by atomic mass is 16.1. The van der Waals surface area contributed by atoms with Gasteiger partial charge in [-0.25, -0.2) is 0 Å². The molecule has 3 atom stereocenters. The van der Waals surface area contributed by atoms with Gasteiger partial charge in [0.1, 0.15) is 0 Å². The molecule has 4 nitrogen and oxygen atoms in total. The molecule has 3 unspecified atom stereocenters. The number of nitrogens with two attached hydrogens (primary N) is 2. The van der Waals surface area contributed by atoms with Crippen molar-refractivity contribution < 1.29 is 4.79 Å². The number of rotatable bonds is 3. The number of hydrogen-bond acceptors (Lipinski definition) is 3. The van der Waals surface area contributed by atoms with Gasteiger partial charge in [-0.05, 0) is 55.7 Å². The highest BCUT2D eigenvalue weighted by molar-refractivity contribution is 5.77. The normalized spacial score (nSPS) is 28.5. The molecule has 1 amide bonds. The topological polar surface area (TPSA) is 82.0 Å². The Morgan fingerprint density at radius 2 is 1.65 bits per heavy atom. The van der Waals surface area contributed by atoms with Crippen LogP contribution in [0.4, 0.5) is 0 Å². The fourth-order valence-corrected chi connectivity index (χ4v) is 4.24. The maximum absolute atomic E-state index is 11.5. The average molecular weight is 317 g/mol. The van der Waals surface area contributed by atoms with E-state index in [4.69, 9.17) is 11.5 Å². The van der Waals surface area contributed by atoms with Crippen molar-refractivity contribution in [1.82, 2.24) is 4.98 Å². The maximum Gasteiger partial charge on any atom is 0.220 e. The van der Waals surface area contributed by atoms with E-state index in [2.05, 4.69) is 4.98 Å². The average Bonchev–Trinajstić information content (AvgIpc) is 2.64. The Labute approximate surface area is 140 Å². The second kappa shape index (κ2) is 9.66. The number of aromatic nitrogens is 1. The Hall–Kier alpha value is -1.42. The van der Waals surface area contributed by atoms with Crippen molar-refractivity contribution in [3.63, 3.8) is 0 Å². The molecular weight excluding hydrogens is 286 g/mol. The van der Waals surface area contributed by atoms with E-state index >= 15 is 0 Å². The van der Waals surface area contributed by atoms with Gasteiger partial charge in [0, 0.05) is 18.3 Å². The van der Waals surface area contributed by atoms with Crippen LogP contribution in [0.2, 0.25) is 0 Å². The van der Waals surface area contributed by atoms with E-state index in [1.807, 2.05) is 18.2 Å². The minimum Gasteiger partial charge on any atom is -0.369 e. The van der Waals surface area contributed by atoms with Crippen LogP contribution in [-0.4, -0.2) is 17.4 Å². The van der Waals surface area contributed by atoms with Crippen LogP contribution in [0, 0.1) is 23.7 Å². The first-order valence-electron chi connectivity index (χ1n) is 9.06. The van der Waals surface area contributed by atoms with Gasteiger partial charge in [0.15, 0.2) is 0 Å². The zero-order chi connectivity index (χ0) is 16.5. The van der Waals surface area contributed by atoms with E-state index in [1.54, 1.807) is 12.4 Å². The summed E-state index contributed by atoms with van der Waals surface area (Å²) in [6.45, 7) is 0.616. The first-order chi connectivity index (χ1) is 11.2. The monoisotopic (exact) mass is 317 g/mol. The zero-order valence-electron chi connectivity index (χ0n) is 14.1. The molecule has 0 spiro atoms. The van der Waals surface area contributed by atoms with E-state index < -0.39 is 0 Å². The van der Waals surface area contributed by atoms with Crippen molar-refractivity contribution in [3.8, 4) is 0 Å². The largest absolute Gasteiger partial charge is 0.369 e. The summed E-state index contributed by atoms with van der Waals surface area (Å²) in [6.07, 6.45) is 13.7. The third-order valence-electron chi connectivity index (χ3n) is 5.59. The quantitative estimate of drug-likeness (QED) is 0.898. The van der Waals surface area contributed by atoms with Crippen LogP contribution < -0.4 is 11.5 Å². The molecule has 0 radical (unpaired) electrons. The van der Waals surface area contributed by atoms with Crippen molar-refractivity contribution in [3.05, 3.63) is 30.6 Å². The second-order valence-corrected chi connectivity index (χ2v) is 7.00. The molecule has 2 aliphatic rings. The van der Waals surface area contributed by atoms with Crippen molar-refractivity contribution >= 4 is 5.91 Å². The Balaban J connectivity index is 0.000000268. The molecule has 4 heteroatoms. The van der Waals surface area contributed by atoms with Gasteiger partial charge in [0.25, 0.3) is 0 Å². The highest BCUT2D eigenvalue weighted by Gasteiger charge is 2.36. The first-order valence-corrected chi connectivity index (χ1v) is 9.06. The summed E-state index contributed by atoms with van der Waals surface area (Å²) < 4.78 is 0. The fourth-order valence-electron chi connectivity index (χ4n) is 4.24. The van der Waals surface area contributed by atoms with Gasteiger partial charge in [0.2, 0.25) is 5.91 Å². The Morgan fingerprint density at radius 1 is 0.957 bits per heavy atom. The molecule has 3 rings (SSSR count). The molecule has 1 aromatic rings. The minimum atomic E-state index is -0.124. The van der Waals surface area contributed by atoms with Crippen LogP contribution in [0.3, 0.4) is 0 Å². The summed E-state index contributed by atoms with van der Waals surface area (Å²) in [5, 5.41) is 0. The van der Waals surface area contributed by atoms with Crippen LogP contribution >= 0.6 is 0 Å². The molecular formula is C19H31N3O. The second-order valence-electron chi connectivity index (χ2n) is 7.00.